The van der Waals surface area contributed by atoms with Crippen LogP contribution in [0.1, 0.15) is 43.0 Å². The van der Waals surface area contributed by atoms with Gasteiger partial charge in [-0.15, -0.1) is 0 Å². The molecule has 1 aliphatic heterocycles. The molecule has 0 aromatic carbocycles. The van der Waals surface area contributed by atoms with Crippen molar-refractivity contribution in [2.45, 2.75) is 45.3 Å². The first-order valence-corrected chi connectivity index (χ1v) is 11.9. The summed E-state index contributed by atoms with van der Waals surface area (Å²) in [4.78, 5) is 30.3. The van der Waals surface area contributed by atoms with Crippen LogP contribution in [0.25, 0.3) is 17.1 Å². The minimum atomic E-state index is -1.23. The molecule has 5 rings (SSSR count). The van der Waals surface area contributed by atoms with Crippen molar-refractivity contribution in [1.29, 1.82) is 0 Å². The van der Waals surface area contributed by atoms with Gasteiger partial charge in [-0.05, 0) is 50.8 Å². The molecule has 0 radical (unpaired) electrons. The minimum absolute atomic E-state index is 0.0896. The van der Waals surface area contributed by atoms with E-state index >= 15 is 0 Å². The molecule has 37 heavy (non-hydrogen) atoms. The van der Waals surface area contributed by atoms with Gasteiger partial charge >= 0.3 is 0 Å². The smallest absolute Gasteiger partial charge is 0.277 e. The first-order chi connectivity index (χ1) is 17.6. The van der Waals surface area contributed by atoms with E-state index in [2.05, 4.69) is 19.9 Å². The van der Waals surface area contributed by atoms with E-state index in [0.717, 1.165) is 18.2 Å². The first kappa shape index (κ1) is 24.9. The molecule has 4 aromatic rings. The van der Waals surface area contributed by atoms with Crippen LogP contribution in [0, 0.1) is 11.6 Å². The summed E-state index contributed by atoms with van der Waals surface area (Å²) in [6.45, 7) is 2.86. The van der Waals surface area contributed by atoms with Crippen molar-refractivity contribution in [3.63, 3.8) is 0 Å². The van der Waals surface area contributed by atoms with Crippen LogP contribution in [0.4, 0.5) is 8.78 Å². The van der Waals surface area contributed by atoms with E-state index in [9.17, 15) is 18.7 Å². The number of hydrogen-bond donors (Lipinski definition) is 1. The molecule has 5 heterocycles. The molecule has 4 aromatic heterocycles. The Hall–Kier alpha value is -3.76. The van der Waals surface area contributed by atoms with Gasteiger partial charge in [0.15, 0.2) is 11.6 Å². The summed E-state index contributed by atoms with van der Waals surface area (Å²) >= 11 is 6.41. The number of hydrogen-bond acceptors (Lipinski definition) is 7. The predicted octanol–water partition coefficient (Wildman–Crippen LogP) is 4.31. The second kappa shape index (κ2) is 9.60. The summed E-state index contributed by atoms with van der Waals surface area (Å²) in [5, 5.41) is 10.1. The van der Waals surface area contributed by atoms with Crippen molar-refractivity contribution < 1.29 is 18.6 Å². The van der Waals surface area contributed by atoms with Crippen molar-refractivity contribution in [2.24, 2.45) is 0 Å². The van der Waals surface area contributed by atoms with Gasteiger partial charge in [0.1, 0.15) is 34.5 Å². The van der Waals surface area contributed by atoms with Gasteiger partial charge in [0.25, 0.3) is 5.56 Å². The molecule has 0 spiro atoms. The lowest BCUT2D eigenvalue weighted by Crippen LogP contribution is -2.23. The van der Waals surface area contributed by atoms with Crippen LogP contribution in [0.15, 0.2) is 47.7 Å². The lowest BCUT2D eigenvalue weighted by Gasteiger charge is -2.17. The molecular formula is C26H22ClF2N5O3. The zero-order chi connectivity index (χ0) is 26.3. The largest absolute Gasteiger partial charge is 0.485 e. The van der Waals surface area contributed by atoms with Crippen LogP contribution >= 0.6 is 11.6 Å². The van der Waals surface area contributed by atoms with Crippen LogP contribution in [-0.4, -0.2) is 29.6 Å². The summed E-state index contributed by atoms with van der Waals surface area (Å²) < 4.78 is 34.3. The first-order valence-electron chi connectivity index (χ1n) is 11.5. The topological polar surface area (TPSA) is 103 Å². The van der Waals surface area contributed by atoms with Gasteiger partial charge in [-0.2, -0.15) is 0 Å². The van der Waals surface area contributed by atoms with E-state index in [4.69, 9.17) is 16.3 Å². The highest BCUT2D eigenvalue weighted by Gasteiger charge is 2.23. The van der Waals surface area contributed by atoms with Crippen LogP contribution < -0.4 is 10.3 Å². The third-order valence-corrected chi connectivity index (χ3v) is 6.34. The Balaban J connectivity index is 1.55. The molecule has 190 valence electrons. The van der Waals surface area contributed by atoms with Gasteiger partial charge < -0.3 is 9.84 Å². The van der Waals surface area contributed by atoms with Crippen molar-refractivity contribution in [3.05, 3.63) is 92.6 Å². The number of fused-ring (bicyclic) bond motifs is 3. The maximum absolute atomic E-state index is 14.0. The molecular weight excluding hydrogens is 504 g/mol. The Kier molecular flexibility index (Phi) is 6.47. The molecule has 0 atom stereocenters. The van der Waals surface area contributed by atoms with Gasteiger partial charge in [-0.3, -0.25) is 19.3 Å². The molecule has 0 saturated heterocycles. The van der Waals surface area contributed by atoms with Crippen molar-refractivity contribution in [3.8, 4) is 22.8 Å². The molecule has 0 amide bonds. The van der Waals surface area contributed by atoms with Gasteiger partial charge in [-0.1, -0.05) is 11.6 Å². The van der Waals surface area contributed by atoms with Crippen LogP contribution in [0.5, 0.6) is 5.75 Å². The fourth-order valence-electron chi connectivity index (χ4n) is 4.13. The molecule has 0 unspecified atom stereocenters. The molecule has 0 bridgehead atoms. The van der Waals surface area contributed by atoms with E-state index in [1.165, 1.54) is 4.57 Å². The second-order valence-electron chi connectivity index (χ2n) is 9.20. The number of ether oxygens (including phenoxy) is 1. The maximum atomic E-state index is 14.0. The summed E-state index contributed by atoms with van der Waals surface area (Å²) in [7, 11) is 0. The Morgan fingerprint density at radius 3 is 2.68 bits per heavy atom. The van der Waals surface area contributed by atoms with Gasteiger partial charge in [0, 0.05) is 30.2 Å². The maximum Gasteiger partial charge on any atom is 0.277 e. The number of halogens is 3. The number of aryl methyl sites for hydroxylation is 2. The lowest BCUT2D eigenvalue weighted by atomic mass is 10.1. The highest BCUT2D eigenvalue weighted by Crippen LogP contribution is 2.31. The quantitative estimate of drug-likeness (QED) is 0.414. The Morgan fingerprint density at radius 1 is 1.11 bits per heavy atom. The molecule has 0 aliphatic carbocycles. The average Bonchev–Trinajstić information content (AvgIpc) is 3.04. The standard InChI is InChI=1S/C26H22ClF2N5O3/c1-26(2,36)25-30-7-6-18(33-25)19-10-21-14(11-31-19)4-3-5-16-9-22(23(27)24(35)34(16)21)37-13-20-17(29)8-15(28)12-32-20/h6-12,36H,3-5,13H2,1-2H3. The molecule has 8 nitrogen and oxygen atoms in total. The number of pyridine rings is 3. The normalized spacial score (nSPS) is 13.0. The third kappa shape index (κ3) is 4.94. The average molecular weight is 526 g/mol. The summed E-state index contributed by atoms with van der Waals surface area (Å²) in [6.07, 6.45) is 6.13. The number of nitrogens with zero attached hydrogens (tertiary/aromatic N) is 5. The molecule has 1 N–H and O–H groups in total. The molecule has 0 saturated carbocycles. The Bertz CT molecular complexity index is 1570. The van der Waals surface area contributed by atoms with Gasteiger partial charge in [-0.25, -0.2) is 18.7 Å². The lowest BCUT2D eigenvalue weighted by molar-refractivity contribution is 0.0688. The second-order valence-corrected chi connectivity index (χ2v) is 9.58. The summed E-state index contributed by atoms with van der Waals surface area (Å²) in [5.74, 6) is -1.31. The third-order valence-electron chi connectivity index (χ3n) is 5.99. The Morgan fingerprint density at radius 2 is 1.92 bits per heavy atom. The number of aromatic nitrogens is 5. The fourth-order valence-corrected chi connectivity index (χ4v) is 4.33. The summed E-state index contributed by atoms with van der Waals surface area (Å²) in [6, 6.07) is 5.80. The molecule has 1 aliphatic rings. The van der Waals surface area contributed by atoms with E-state index in [-0.39, 0.29) is 28.9 Å². The molecule has 0 fully saturated rings. The SMILES string of the molecule is CC(C)(O)c1nccc(-c2cc3c(cn2)CCCc2cc(OCc4ncc(F)cc4F)c(Cl)c(=O)n2-3)n1. The highest BCUT2D eigenvalue weighted by atomic mass is 35.5. The van der Waals surface area contributed by atoms with E-state index < -0.39 is 22.8 Å². The summed E-state index contributed by atoms with van der Waals surface area (Å²) in [5.41, 5.74) is 1.30. The number of rotatable bonds is 5. The highest BCUT2D eigenvalue weighted by molar-refractivity contribution is 6.31. The van der Waals surface area contributed by atoms with Crippen molar-refractivity contribution in [1.82, 2.24) is 24.5 Å². The number of aliphatic hydroxyl groups is 1. The molecule has 11 heteroatoms. The monoisotopic (exact) mass is 525 g/mol. The van der Waals surface area contributed by atoms with Crippen molar-refractivity contribution in [2.75, 3.05) is 0 Å². The fraction of sp³-hybridized carbons (Fsp3) is 0.269. The minimum Gasteiger partial charge on any atom is -0.485 e. The van der Waals surface area contributed by atoms with Crippen molar-refractivity contribution >= 4 is 11.6 Å². The zero-order valence-electron chi connectivity index (χ0n) is 20.0. The zero-order valence-corrected chi connectivity index (χ0v) is 20.8. The van der Waals surface area contributed by atoms with Crippen LogP contribution in [-0.2, 0) is 25.0 Å². The van der Waals surface area contributed by atoms with Crippen LogP contribution in [0.2, 0.25) is 5.02 Å². The predicted molar refractivity (Wildman–Crippen MR) is 132 cm³/mol. The van der Waals surface area contributed by atoms with Crippen LogP contribution in [0.3, 0.4) is 0 Å². The van der Waals surface area contributed by atoms with E-state index in [1.807, 2.05) is 0 Å². The van der Waals surface area contributed by atoms with E-state index in [0.29, 0.717) is 41.7 Å². The van der Waals surface area contributed by atoms with E-state index in [1.54, 1.807) is 44.4 Å². The van der Waals surface area contributed by atoms with Gasteiger partial charge in [0.05, 0.1) is 23.3 Å². The van der Waals surface area contributed by atoms with Gasteiger partial charge in [0.2, 0.25) is 0 Å². The Labute approximate surface area is 215 Å².